The van der Waals surface area contributed by atoms with E-state index in [9.17, 15) is 9.59 Å². The van der Waals surface area contributed by atoms with Crippen LogP contribution in [0, 0.1) is 0 Å². The Balaban J connectivity index is 2.01. The summed E-state index contributed by atoms with van der Waals surface area (Å²) in [4.78, 5) is 29.0. The largest absolute Gasteiger partial charge is 0.495 e. The molecule has 0 aliphatic carbocycles. The number of likely N-dealkylation sites (N-methyl/N-ethyl adjacent to an activating group) is 1. The van der Waals surface area contributed by atoms with Crippen molar-refractivity contribution in [2.45, 2.75) is 20.3 Å². The first kappa shape index (κ1) is 21.4. The van der Waals surface area contributed by atoms with Crippen molar-refractivity contribution in [2.75, 3.05) is 43.5 Å². The fraction of sp³-hybridized carbons (Fsp3) is 0.364. The van der Waals surface area contributed by atoms with Gasteiger partial charge in [-0.2, -0.15) is 0 Å². The number of methoxy groups -OCH3 is 1. The van der Waals surface area contributed by atoms with Gasteiger partial charge >= 0.3 is 0 Å². The van der Waals surface area contributed by atoms with Crippen LogP contribution in [0.2, 0.25) is 0 Å². The van der Waals surface area contributed by atoms with Gasteiger partial charge in [0.15, 0.2) is 0 Å². The second-order valence-corrected chi connectivity index (χ2v) is 6.43. The van der Waals surface area contributed by atoms with Crippen molar-refractivity contribution >= 4 is 23.2 Å². The standard InChI is InChI=1S/C22H29N3O3/c1-4-15-24(16-21(26)23-19-13-9-10-14-20(19)28-3)17-22(27)25(5-2)18-11-7-6-8-12-18/h6-14H,4-5,15-17H2,1-3H3,(H,23,26). The van der Waals surface area contributed by atoms with Crippen molar-refractivity contribution in [2.24, 2.45) is 0 Å². The first-order valence-electron chi connectivity index (χ1n) is 9.59. The van der Waals surface area contributed by atoms with Crippen LogP contribution < -0.4 is 15.0 Å². The number of hydrogen-bond donors (Lipinski definition) is 1. The van der Waals surface area contributed by atoms with Crippen LogP contribution in [0.25, 0.3) is 0 Å². The number of amides is 2. The number of carbonyl (C=O) groups is 2. The van der Waals surface area contributed by atoms with Crippen LogP contribution in [0.15, 0.2) is 54.6 Å². The summed E-state index contributed by atoms with van der Waals surface area (Å²) in [5, 5.41) is 2.87. The Labute approximate surface area is 167 Å². The van der Waals surface area contributed by atoms with Crippen molar-refractivity contribution in [1.29, 1.82) is 0 Å². The summed E-state index contributed by atoms with van der Waals surface area (Å²) in [7, 11) is 1.57. The molecule has 28 heavy (non-hydrogen) atoms. The maximum absolute atomic E-state index is 12.8. The number of nitrogens with zero attached hydrogens (tertiary/aromatic N) is 2. The molecule has 0 heterocycles. The van der Waals surface area contributed by atoms with Crippen LogP contribution in [-0.4, -0.2) is 50.0 Å². The third-order valence-corrected chi connectivity index (χ3v) is 4.33. The summed E-state index contributed by atoms with van der Waals surface area (Å²) in [6.07, 6.45) is 0.854. The molecule has 6 nitrogen and oxygen atoms in total. The highest BCUT2D eigenvalue weighted by Crippen LogP contribution is 2.22. The molecule has 150 valence electrons. The molecule has 0 spiro atoms. The molecule has 2 rings (SSSR count). The van der Waals surface area contributed by atoms with E-state index in [-0.39, 0.29) is 24.9 Å². The smallest absolute Gasteiger partial charge is 0.241 e. The average molecular weight is 383 g/mol. The van der Waals surface area contributed by atoms with Gasteiger partial charge in [0.1, 0.15) is 5.75 Å². The van der Waals surface area contributed by atoms with Crippen molar-refractivity contribution in [3.8, 4) is 5.75 Å². The molecule has 0 aliphatic rings. The minimum Gasteiger partial charge on any atom is -0.495 e. The Bertz CT molecular complexity index is 765. The number of hydrogen-bond acceptors (Lipinski definition) is 4. The van der Waals surface area contributed by atoms with Gasteiger partial charge in [-0.25, -0.2) is 0 Å². The van der Waals surface area contributed by atoms with Crippen LogP contribution in [0.5, 0.6) is 5.75 Å². The quantitative estimate of drug-likeness (QED) is 0.683. The number of ether oxygens (including phenoxy) is 1. The lowest BCUT2D eigenvalue weighted by molar-refractivity contribution is -0.121. The number of carbonyl (C=O) groups excluding carboxylic acids is 2. The number of nitrogens with one attached hydrogen (secondary N) is 1. The highest BCUT2D eigenvalue weighted by atomic mass is 16.5. The molecule has 0 unspecified atom stereocenters. The van der Waals surface area contributed by atoms with E-state index >= 15 is 0 Å². The molecule has 6 heteroatoms. The van der Waals surface area contributed by atoms with Gasteiger partial charge in [0, 0.05) is 12.2 Å². The zero-order chi connectivity index (χ0) is 20.4. The van der Waals surface area contributed by atoms with Gasteiger partial charge in [-0.1, -0.05) is 37.3 Å². The summed E-state index contributed by atoms with van der Waals surface area (Å²) < 4.78 is 5.27. The topological polar surface area (TPSA) is 61.9 Å². The fourth-order valence-electron chi connectivity index (χ4n) is 3.06. The summed E-state index contributed by atoms with van der Waals surface area (Å²) in [5.41, 5.74) is 1.49. The minimum absolute atomic E-state index is 0.0211. The first-order chi connectivity index (χ1) is 13.6. The SMILES string of the molecule is CCCN(CC(=O)Nc1ccccc1OC)CC(=O)N(CC)c1ccccc1. The molecule has 2 amide bonds. The molecule has 0 atom stereocenters. The molecule has 2 aromatic rings. The van der Waals surface area contributed by atoms with Gasteiger partial charge in [-0.3, -0.25) is 14.5 Å². The molecule has 0 radical (unpaired) electrons. The van der Waals surface area contributed by atoms with E-state index < -0.39 is 0 Å². The number of para-hydroxylation sites is 3. The second kappa shape index (κ2) is 11.1. The van der Waals surface area contributed by atoms with E-state index in [1.165, 1.54) is 0 Å². The van der Waals surface area contributed by atoms with Gasteiger partial charge in [0.25, 0.3) is 0 Å². The summed E-state index contributed by atoms with van der Waals surface area (Å²) in [6, 6.07) is 16.9. The van der Waals surface area contributed by atoms with Crippen LogP contribution >= 0.6 is 0 Å². The summed E-state index contributed by atoms with van der Waals surface area (Å²) >= 11 is 0. The van der Waals surface area contributed by atoms with E-state index in [2.05, 4.69) is 5.32 Å². The van der Waals surface area contributed by atoms with E-state index in [0.29, 0.717) is 24.5 Å². The lowest BCUT2D eigenvalue weighted by atomic mass is 10.2. The van der Waals surface area contributed by atoms with E-state index in [1.54, 1.807) is 24.1 Å². The summed E-state index contributed by atoms with van der Waals surface area (Å²) in [5.74, 6) is 0.413. The third-order valence-electron chi connectivity index (χ3n) is 4.33. The maximum Gasteiger partial charge on any atom is 0.241 e. The highest BCUT2D eigenvalue weighted by molar-refractivity contribution is 5.96. The zero-order valence-electron chi connectivity index (χ0n) is 16.9. The molecular formula is C22H29N3O3. The van der Waals surface area contributed by atoms with Crippen LogP contribution in [0.3, 0.4) is 0 Å². The molecular weight excluding hydrogens is 354 g/mol. The molecule has 0 saturated heterocycles. The van der Waals surface area contributed by atoms with E-state index in [0.717, 1.165) is 12.1 Å². The summed E-state index contributed by atoms with van der Waals surface area (Å²) in [6.45, 7) is 5.56. The van der Waals surface area contributed by atoms with E-state index in [1.807, 2.05) is 61.2 Å². The number of anilines is 2. The van der Waals surface area contributed by atoms with Crippen LogP contribution in [-0.2, 0) is 9.59 Å². The lowest BCUT2D eigenvalue weighted by Crippen LogP contribution is -2.43. The minimum atomic E-state index is -0.173. The fourth-order valence-corrected chi connectivity index (χ4v) is 3.06. The maximum atomic E-state index is 12.8. The van der Waals surface area contributed by atoms with Gasteiger partial charge in [0.2, 0.25) is 11.8 Å². The third kappa shape index (κ3) is 6.09. The molecule has 1 N–H and O–H groups in total. The van der Waals surface area contributed by atoms with Crippen LogP contribution in [0.1, 0.15) is 20.3 Å². The molecule has 0 fully saturated rings. The Morgan fingerprint density at radius 3 is 2.29 bits per heavy atom. The zero-order valence-corrected chi connectivity index (χ0v) is 16.9. The highest BCUT2D eigenvalue weighted by Gasteiger charge is 2.19. The Hall–Kier alpha value is -2.86. The van der Waals surface area contributed by atoms with Crippen molar-refractivity contribution in [3.63, 3.8) is 0 Å². The van der Waals surface area contributed by atoms with Gasteiger partial charge in [0.05, 0.1) is 25.9 Å². The number of rotatable bonds is 10. The average Bonchev–Trinajstić information content (AvgIpc) is 2.70. The van der Waals surface area contributed by atoms with Gasteiger partial charge in [-0.15, -0.1) is 0 Å². The van der Waals surface area contributed by atoms with Crippen molar-refractivity contribution in [1.82, 2.24) is 4.90 Å². The Morgan fingerprint density at radius 1 is 0.964 bits per heavy atom. The second-order valence-electron chi connectivity index (χ2n) is 6.43. The lowest BCUT2D eigenvalue weighted by Gasteiger charge is -2.26. The van der Waals surface area contributed by atoms with E-state index in [4.69, 9.17) is 4.74 Å². The first-order valence-corrected chi connectivity index (χ1v) is 9.59. The molecule has 0 aromatic heterocycles. The van der Waals surface area contributed by atoms with Gasteiger partial charge < -0.3 is 15.0 Å². The Kier molecular flexibility index (Phi) is 8.49. The monoisotopic (exact) mass is 383 g/mol. The van der Waals surface area contributed by atoms with Gasteiger partial charge in [-0.05, 0) is 44.2 Å². The van der Waals surface area contributed by atoms with Crippen molar-refractivity contribution in [3.05, 3.63) is 54.6 Å². The molecule has 2 aromatic carbocycles. The van der Waals surface area contributed by atoms with Crippen molar-refractivity contribution < 1.29 is 14.3 Å². The molecule has 0 aliphatic heterocycles. The predicted molar refractivity (Wildman–Crippen MR) is 113 cm³/mol. The predicted octanol–water partition coefficient (Wildman–Crippen LogP) is 3.40. The van der Waals surface area contributed by atoms with Crippen LogP contribution in [0.4, 0.5) is 11.4 Å². The normalized spacial score (nSPS) is 10.6. The number of benzene rings is 2. The Morgan fingerprint density at radius 2 is 1.64 bits per heavy atom. The molecule has 0 saturated carbocycles. The molecule has 0 bridgehead atoms.